The predicted molar refractivity (Wildman–Crippen MR) is 106 cm³/mol. The Morgan fingerprint density at radius 2 is 1.67 bits per heavy atom. The van der Waals surface area contributed by atoms with Crippen LogP contribution in [0.3, 0.4) is 0 Å². The molecule has 0 fully saturated rings. The van der Waals surface area contributed by atoms with Crippen molar-refractivity contribution in [2.24, 2.45) is 0 Å². The molecule has 0 amide bonds. The maximum Gasteiger partial charge on any atom is -1.00 e. The molecule has 4 rings (SSSR count). The number of benzene rings is 2. The SMILES string of the molecule is C[C](C)=[Zr+2]([C]1=CC=CC1)[CH]1c2ccccc2-c2c1cccc2N(C)C.[Cl-].[Cl-]. The van der Waals surface area contributed by atoms with Gasteiger partial charge in [0.25, 0.3) is 0 Å². The summed E-state index contributed by atoms with van der Waals surface area (Å²) in [5, 5.41) is 0. The van der Waals surface area contributed by atoms with Gasteiger partial charge in [-0.25, -0.2) is 0 Å². The fraction of sp³-hybridized carbons (Fsp3) is 0.261. The van der Waals surface area contributed by atoms with E-state index in [-0.39, 0.29) is 24.8 Å². The van der Waals surface area contributed by atoms with Gasteiger partial charge in [0, 0.05) is 0 Å². The molecule has 2 aliphatic carbocycles. The van der Waals surface area contributed by atoms with Gasteiger partial charge >= 0.3 is 159 Å². The van der Waals surface area contributed by atoms with E-state index in [1.807, 2.05) is 0 Å². The van der Waals surface area contributed by atoms with E-state index >= 15 is 0 Å². The molecule has 2 aromatic carbocycles. The summed E-state index contributed by atoms with van der Waals surface area (Å²) in [6.45, 7) is 4.76. The summed E-state index contributed by atoms with van der Waals surface area (Å²) in [6.07, 6.45) is 8.17. The summed E-state index contributed by atoms with van der Waals surface area (Å²) in [5.41, 5.74) is 7.41. The Morgan fingerprint density at radius 3 is 2.30 bits per heavy atom. The van der Waals surface area contributed by atoms with Crippen molar-refractivity contribution in [3.8, 4) is 11.1 Å². The van der Waals surface area contributed by atoms with Crippen molar-refractivity contribution in [1.82, 2.24) is 0 Å². The third-order valence-corrected chi connectivity index (χ3v) is 13.6. The maximum atomic E-state index is 2.41. The van der Waals surface area contributed by atoms with Crippen molar-refractivity contribution in [3.05, 3.63) is 75.1 Å². The molecule has 0 heterocycles. The summed E-state index contributed by atoms with van der Waals surface area (Å²) in [4.78, 5) is 2.26. The second-order valence-corrected chi connectivity index (χ2v) is 14.9. The van der Waals surface area contributed by atoms with Crippen LogP contribution in [-0.2, 0) is 21.3 Å². The average Bonchev–Trinajstić information content (AvgIpc) is 3.22. The van der Waals surface area contributed by atoms with Gasteiger partial charge in [0.15, 0.2) is 0 Å². The number of hydrogen-bond donors (Lipinski definition) is 0. The smallest absolute Gasteiger partial charge is 1.00 e. The van der Waals surface area contributed by atoms with E-state index < -0.39 is 21.3 Å². The molecule has 1 unspecified atom stereocenters. The largest absolute Gasteiger partial charge is 1.00 e. The van der Waals surface area contributed by atoms with Gasteiger partial charge in [-0.05, 0) is 0 Å². The summed E-state index contributed by atoms with van der Waals surface area (Å²) in [5.74, 6) is 0. The van der Waals surface area contributed by atoms with E-state index in [0.717, 1.165) is 0 Å². The van der Waals surface area contributed by atoms with Gasteiger partial charge in [0.1, 0.15) is 0 Å². The second kappa shape index (κ2) is 9.04. The molecular formula is C23H25Cl2NZr. The Kier molecular flexibility index (Phi) is 7.48. The molecule has 2 aromatic rings. The summed E-state index contributed by atoms with van der Waals surface area (Å²) >= 11 is -1.95. The minimum absolute atomic E-state index is 0. The van der Waals surface area contributed by atoms with Gasteiger partial charge in [-0.15, -0.1) is 0 Å². The zero-order valence-corrected chi connectivity index (χ0v) is 20.2. The van der Waals surface area contributed by atoms with Crippen molar-refractivity contribution in [2.45, 2.75) is 23.9 Å². The molecule has 1 nitrogen and oxygen atoms in total. The molecule has 0 saturated heterocycles. The molecule has 0 N–H and O–H groups in total. The molecule has 0 bridgehead atoms. The Bertz CT molecular complexity index is 937. The Balaban J connectivity index is 0.00000131. The molecule has 0 aromatic heterocycles. The van der Waals surface area contributed by atoms with Crippen molar-refractivity contribution in [1.29, 1.82) is 0 Å². The number of anilines is 1. The van der Waals surface area contributed by atoms with E-state index in [4.69, 9.17) is 0 Å². The minimum atomic E-state index is -1.95. The van der Waals surface area contributed by atoms with Gasteiger partial charge in [-0.3, -0.25) is 0 Å². The number of nitrogens with zero attached hydrogens (tertiary/aromatic N) is 1. The van der Waals surface area contributed by atoms with E-state index in [1.165, 1.54) is 23.2 Å². The Morgan fingerprint density at radius 1 is 0.963 bits per heavy atom. The Labute approximate surface area is 183 Å². The van der Waals surface area contributed by atoms with Crippen LogP contribution in [0.25, 0.3) is 11.1 Å². The molecule has 0 spiro atoms. The third kappa shape index (κ3) is 3.82. The van der Waals surface area contributed by atoms with E-state index in [1.54, 1.807) is 17.6 Å². The first-order chi connectivity index (χ1) is 12.1. The topological polar surface area (TPSA) is 3.24 Å². The fourth-order valence-corrected chi connectivity index (χ4v) is 12.5. The predicted octanol–water partition coefficient (Wildman–Crippen LogP) is -0.495. The molecule has 0 radical (unpaired) electrons. The first-order valence-corrected chi connectivity index (χ1v) is 12.9. The van der Waals surface area contributed by atoms with Crippen LogP contribution >= 0.6 is 0 Å². The normalized spacial score (nSPS) is 15.5. The molecule has 0 saturated carbocycles. The van der Waals surface area contributed by atoms with E-state index in [9.17, 15) is 0 Å². The summed E-state index contributed by atoms with van der Waals surface area (Å²) < 4.78 is 4.05. The quantitative estimate of drug-likeness (QED) is 0.577. The van der Waals surface area contributed by atoms with E-state index in [0.29, 0.717) is 3.63 Å². The summed E-state index contributed by atoms with van der Waals surface area (Å²) in [6, 6.07) is 16.0. The number of fused-ring (bicyclic) bond motifs is 3. The summed E-state index contributed by atoms with van der Waals surface area (Å²) in [7, 11) is 4.32. The second-order valence-electron chi connectivity index (χ2n) is 7.39. The van der Waals surface area contributed by atoms with Crippen LogP contribution in [-0.4, -0.2) is 17.3 Å². The number of rotatable bonds is 3. The monoisotopic (exact) mass is 475 g/mol. The maximum absolute atomic E-state index is 2.41. The van der Waals surface area contributed by atoms with Crippen molar-refractivity contribution in [2.75, 3.05) is 19.0 Å². The molecule has 4 heteroatoms. The van der Waals surface area contributed by atoms with Crippen LogP contribution < -0.4 is 29.7 Å². The van der Waals surface area contributed by atoms with Gasteiger partial charge in [-0.2, -0.15) is 0 Å². The molecular weight excluding hydrogens is 452 g/mol. The molecule has 140 valence electrons. The first-order valence-electron chi connectivity index (χ1n) is 9.02. The molecule has 0 aliphatic heterocycles. The van der Waals surface area contributed by atoms with Gasteiger partial charge < -0.3 is 24.8 Å². The van der Waals surface area contributed by atoms with Crippen molar-refractivity contribution >= 4 is 8.89 Å². The van der Waals surface area contributed by atoms with Crippen LogP contribution in [0.4, 0.5) is 5.69 Å². The fourth-order valence-electron chi connectivity index (χ4n) is 4.36. The van der Waals surface area contributed by atoms with E-state index in [2.05, 4.69) is 93.5 Å². The van der Waals surface area contributed by atoms with Crippen molar-refractivity contribution < 1.29 is 46.1 Å². The van der Waals surface area contributed by atoms with Crippen LogP contribution in [0.1, 0.15) is 35.0 Å². The molecule has 2 aliphatic rings. The standard InChI is InChI=1S/C15H14N.C5H5.C3H6.2ClH.Zr/c1-16(2)14-9-5-7-12-10-11-6-3-4-8-13(11)15(12)14;1-2-4-5-3-1;1-3-2;;;/h3-10H,1-2H3;1-3H,4H2;1-2H3;2*1H;/q;;;;;+2/p-2. The molecule has 1 atom stereocenters. The number of hydrogen-bond acceptors (Lipinski definition) is 1. The average molecular weight is 478 g/mol. The minimum Gasteiger partial charge on any atom is -1.00 e. The van der Waals surface area contributed by atoms with Crippen LogP contribution in [0.15, 0.2) is 64.0 Å². The zero-order valence-electron chi connectivity index (χ0n) is 16.3. The van der Waals surface area contributed by atoms with Gasteiger partial charge in [0.2, 0.25) is 0 Å². The number of halogens is 2. The van der Waals surface area contributed by atoms with Crippen molar-refractivity contribution in [3.63, 3.8) is 0 Å². The van der Waals surface area contributed by atoms with Gasteiger partial charge in [0.05, 0.1) is 0 Å². The Hall–Kier alpha value is -0.947. The number of allylic oxidation sites excluding steroid dienone is 4. The van der Waals surface area contributed by atoms with Crippen LogP contribution in [0.5, 0.6) is 0 Å². The molecule has 27 heavy (non-hydrogen) atoms. The van der Waals surface area contributed by atoms with Crippen LogP contribution in [0.2, 0.25) is 0 Å². The first kappa shape index (κ1) is 22.3. The van der Waals surface area contributed by atoms with Crippen LogP contribution in [0, 0.1) is 0 Å². The zero-order chi connectivity index (χ0) is 17.6. The van der Waals surface area contributed by atoms with Gasteiger partial charge in [-0.1, -0.05) is 0 Å². The third-order valence-electron chi connectivity index (χ3n) is 5.35.